The first-order chi connectivity index (χ1) is 8.44. The van der Waals surface area contributed by atoms with Crippen molar-refractivity contribution >= 4 is 27.2 Å². The zero-order valence-corrected chi connectivity index (χ0v) is 11.5. The van der Waals surface area contributed by atoms with Crippen LogP contribution in [-0.4, -0.2) is 25.7 Å². The topological polar surface area (TPSA) is 51.2 Å². The van der Waals surface area contributed by atoms with E-state index < -0.39 is 9.84 Å². The number of ketones is 1. The highest BCUT2D eigenvalue weighted by Gasteiger charge is 2.29. The minimum atomic E-state index is -2.89. The van der Waals surface area contributed by atoms with Gasteiger partial charge in [0.1, 0.15) is 5.78 Å². The highest BCUT2D eigenvalue weighted by molar-refractivity contribution is 7.91. The SMILES string of the molecule is O=C(Cc1ccc(Cl)cc1)CC1CCS(=O)(=O)C1. The highest BCUT2D eigenvalue weighted by atomic mass is 35.5. The molecule has 0 N–H and O–H groups in total. The Kier molecular flexibility index (Phi) is 4.07. The molecule has 1 atom stereocenters. The van der Waals surface area contributed by atoms with Crippen molar-refractivity contribution in [2.75, 3.05) is 11.5 Å². The number of carbonyl (C=O) groups excluding carboxylic acids is 1. The molecule has 0 bridgehead atoms. The molecule has 1 aromatic carbocycles. The van der Waals surface area contributed by atoms with E-state index in [1.54, 1.807) is 12.1 Å². The van der Waals surface area contributed by atoms with Crippen LogP contribution in [0.3, 0.4) is 0 Å². The van der Waals surface area contributed by atoms with Crippen LogP contribution in [0.1, 0.15) is 18.4 Å². The van der Waals surface area contributed by atoms with Gasteiger partial charge in [-0.3, -0.25) is 4.79 Å². The van der Waals surface area contributed by atoms with E-state index in [4.69, 9.17) is 11.6 Å². The third-order valence-corrected chi connectivity index (χ3v) is 5.25. The summed E-state index contributed by atoms with van der Waals surface area (Å²) in [6.45, 7) is 0. The predicted octanol–water partition coefficient (Wildman–Crippen LogP) is 2.28. The molecule has 0 aromatic heterocycles. The molecule has 0 spiro atoms. The lowest BCUT2D eigenvalue weighted by atomic mass is 9.98. The van der Waals surface area contributed by atoms with Gasteiger partial charge in [-0.15, -0.1) is 0 Å². The first-order valence-electron chi connectivity index (χ1n) is 5.91. The molecule has 3 nitrogen and oxygen atoms in total. The van der Waals surface area contributed by atoms with E-state index in [1.807, 2.05) is 12.1 Å². The maximum absolute atomic E-state index is 11.8. The molecule has 1 heterocycles. The number of halogens is 1. The van der Waals surface area contributed by atoms with Crippen LogP contribution in [0, 0.1) is 5.92 Å². The Morgan fingerprint density at radius 2 is 1.94 bits per heavy atom. The molecular formula is C13H15ClO3S. The Labute approximate surface area is 112 Å². The summed E-state index contributed by atoms with van der Waals surface area (Å²) in [7, 11) is -2.89. The lowest BCUT2D eigenvalue weighted by Crippen LogP contribution is -2.12. The van der Waals surface area contributed by atoms with Crippen LogP contribution >= 0.6 is 11.6 Å². The van der Waals surface area contributed by atoms with Gasteiger partial charge in [0.25, 0.3) is 0 Å². The average Bonchev–Trinajstić information content (AvgIpc) is 2.61. The van der Waals surface area contributed by atoms with Crippen molar-refractivity contribution in [1.29, 1.82) is 0 Å². The fourth-order valence-electron chi connectivity index (χ4n) is 2.26. The van der Waals surface area contributed by atoms with Crippen molar-refractivity contribution < 1.29 is 13.2 Å². The highest BCUT2D eigenvalue weighted by Crippen LogP contribution is 2.22. The van der Waals surface area contributed by atoms with Crippen molar-refractivity contribution in [2.45, 2.75) is 19.3 Å². The van der Waals surface area contributed by atoms with E-state index in [-0.39, 0.29) is 23.2 Å². The molecule has 18 heavy (non-hydrogen) atoms. The zero-order valence-electron chi connectivity index (χ0n) is 9.93. The third kappa shape index (κ3) is 3.82. The summed E-state index contributed by atoms with van der Waals surface area (Å²) in [5, 5.41) is 0.646. The first kappa shape index (κ1) is 13.6. The number of carbonyl (C=O) groups is 1. The second-order valence-corrected chi connectivity index (χ2v) is 7.48. The van der Waals surface area contributed by atoms with Crippen LogP contribution < -0.4 is 0 Å². The maximum atomic E-state index is 11.8. The summed E-state index contributed by atoms with van der Waals surface area (Å²) < 4.78 is 22.6. The van der Waals surface area contributed by atoms with Gasteiger partial charge in [0.15, 0.2) is 9.84 Å². The van der Waals surface area contributed by atoms with Crippen molar-refractivity contribution in [2.24, 2.45) is 5.92 Å². The van der Waals surface area contributed by atoms with Crippen molar-refractivity contribution in [3.8, 4) is 0 Å². The number of rotatable bonds is 4. The van der Waals surface area contributed by atoms with Gasteiger partial charge in [-0.2, -0.15) is 0 Å². The van der Waals surface area contributed by atoms with Crippen LogP contribution in [0.2, 0.25) is 5.02 Å². The Balaban J connectivity index is 1.88. The largest absolute Gasteiger partial charge is 0.299 e. The molecule has 98 valence electrons. The molecule has 0 aliphatic carbocycles. The quantitative estimate of drug-likeness (QED) is 0.853. The van der Waals surface area contributed by atoms with E-state index in [2.05, 4.69) is 0 Å². The number of Topliss-reactive ketones (excluding diaryl/α,β-unsaturated/α-hetero) is 1. The molecule has 0 saturated carbocycles. The number of hydrogen-bond acceptors (Lipinski definition) is 3. The first-order valence-corrected chi connectivity index (χ1v) is 8.11. The summed E-state index contributed by atoms with van der Waals surface area (Å²) in [5.41, 5.74) is 0.922. The Morgan fingerprint density at radius 1 is 1.28 bits per heavy atom. The summed E-state index contributed by atoms with van der Waals surface area (Å²) in [6, 6.07) is 7.16. The molecule has 1 aliphatic heterocycles. The minimum absolute atomic E-state index is 0.00907. The second-order valence-electron chi connectivity index (χ2n) is 4.82. The fraction of sp³-hybridized carbons (Fsp3) is 0.462. The molecular weight excluding hydrogens is 272 g/mol. The van der Waals surface area contributed by atoms with Gasteiger partial charge in [-0.05, 0) is 30.0 Å². The van der Waals surface area contributed by atoms with Crippen LogP contribution in [0.25, 0.3) is 0 Å². The lowest BCUT2D eigenvalue weighted by Gasteiger charge is -2.06. The van der Waals surface area contributed by atoms with E-state index in [0.29, 0.717) is 24.3 Å². The van der Waals surface area contributed by atoms with Gasteiger partial charge < -0.3 is 0 Å². The predicted molar refractivity (Wildman–Crippen MR) is 71.5 cm³/mol. The fourth-order valence-corrected chi connectivity index (χ4v) is 4.24. The van der Waals surface area contributed by atoms with Crippen molar-refractivity contribution in [3.05, 3.63) is 34.9 Å². The molecule has 0 amide bonds. The van der Waals surface area contributed by atoms with Crippen LogP contribution in [0.15, 0.2) is 24.3 Å². The zero-order chi connectivity index (χ0) is 13.2. The second kappa shape index (κ2) is 5.41. The van der Waals surface area contributed by atoms with Crippen LogP contribution in [0.4, 0.5) is 0 Å². The van der Waals surface area contributed by atoms with E-state index in [9.17, 15) is 13.2 Å². The van der Waals surface area contributed by atoms with E-state index in [0.717, 1.165) is 5.56 Å². The van der Waals surface area contributed by atoms with Crippen LogP contribution in [0.5, 0.6) is 0 Å². The average molecular weight is 287 g/mol. The standard InChI is InChI=1S/C13H15ClO3S/c14-12-3-1-10(2-4-12)7-13(15)8-11-5-6-18(16,17)9-11/h1-4,11H,5-9H2. The summed E-state index contributed by atoms with van der Waals surface area (Å²) >= 11 is 5.77. The monoisotopic (exact) mass is 286 g/mol. The van der Waals surface area contributed by atoms with Gasteiger partial charge in [0, 0.05) is 17.9 Å². The third-order valence-electron chi connectivity index (χ3n) is 3.16. The summed E-state index contributed by atoms with van der Waals surface area (Å²) in [6.07, 6.45) is 1.34. The van der Waals surface area contributed by atoms with E-state index in [1.165, 1.54) is 0 Å². The lowest BCUT2D eigenvalue weighted by molar-refractivity contribution is -0.119. The number of hydrogen-bond donors (Lipinski definition) is 0. The number of sulfone groups is 1. The van der Waals surface area contributed by atoms with Crippen molar-refractivity contribution in [3.63, 3.8) is 0 Å². The van der Waals surface area contributed by atoms with Gasteiger partial charge in [0.2, 0.25) is 0 Å². The summed E-state index contributed by atoms with van der Waals surface area (Å²) in [5.74, 6) is 0.500. The molecule has 2 rings (SSSR count). The van der Waals surface area contributed by atoms with Gasteiger partial charge in [0.05, 0.1) is 11.5 Å². The Morgan fingerprint density at radius 3 is 2.50 bits per heavy atom. The molecule has 0 radical (unpaired) electrons. The van der Waals surface area contributed by atoms with Gasteiger partial charge in [-0.1, -0.05) is 23.7 Å². The minimum Gasteiger partial charge on any atom is -0.299 e. The molecule has 1 unspecified atom stereocenters. The summed E-state index contributed by atoms with van der Waals surface area (Å²) in [4.78, 5) is 11.8. The molecule has 1 saturated heterocycles. The molecule has 1 aliphatic rings. The Hall–Kier alpha value is -0.870. The maximum Gasteiger partial charge on any atom is 0.150 e. The molecule has 1 aromatic rings. The smallest absolute Gasteiger partial charge is 0.150 e. The molecule has 5 heteroatoms. The van der Waals surface area contributed by atoms with Gasteiger partial charge in [-0.25, -0.2) is 8.42 Å². The molecule has 1 fully saturated rings. The van der Waals surface area contributed by atoms with Crippen molar-refractivity contribution in [1.82, 2.24) is 0 Å². The normalized spacial score (nSPS) is 21.9. The Bertz CT molecular complexity index is 534. The van der Waals surface area contributed by atoms with Crippen LogP contribution in [-0.2, 0) is 21.1 Å². The van der Waals surface area contributed by atoms with Gasteiger partial charge >= 0.3 is 0 Å². The number of benzene rings is 1. The van der Waals surface area contributed by atoms with E-state index >= 15 is 0 Å².